The summed E-state index contributed by atoms with van der Waals surface area (Å²) in [5.41, 5.74) is 0.995. The summed E-state index contributed by atoms with van der Waals surface area (Å²) in [4.78, 5) is 5.00. The number of aliphatic imine (C=N–C) groups is 1. The van der Waals surface area contributed by atoms with Gasteiger partial charge >= 0.3 is 0 Å². The molecule has 1 aliphatic heterocycles. The van der Waals surface area contributed by atoms with Crippen molar-refractivity contribution in [3.05, 3.63) is 29.8 Å². The molecule has 2 N–H and O–H groups in total. The number of sulfonamides is 1. The molecule has 1 saturated heterocycles. The molecule has 1 aromatic rings. The van der Waals surface area contributed by atoms with Crippen LogP contribution >= 0.6 is 0 Å². The number of benzene rings is 1. The molecule has 1 aliphatic rings. The maximum Gasteiger partial charge on any atom is 0.243 e. The zero-order valence-corrected chi connectivity index (χ0v) is 17.7. The lowest BCUT2D eigenvalue weighted by atomic mass is 10.0. The summed E-state index contributed by atoms with van der Waals surface area (Å²) < 4.78 is 26.7. The molecule has 6 nitrogen and oxygen atoms in total. The van der Waals surface area contributed by atoms with E-state index in [4.69, 9.17) is 0 Å². The third kappa shape index (κ3) is 6.21. The first-order valence-corrected chi connectivity index (χ1v) is 11.6. The highest BCUT2D eigenvalue weighted by atomic mass is 32.2. The quantitative estimate of drug-likeness (QED) is 0.499. The first-order valence-electron chi connectivity index (χ1n) is 10.1. The molecule has 1 heterocycles. The second-order valence-corrected chi connectivity index (χ2v) is 8.95. The SMILES string of the molecule is CCNC(=NCc1ccc(S(=O)(=O)N2CCCC2)cc1)NCC(CC)CC. The van der Waals surface area contributed by atoms with Crippen molar-refractivity contribution in [1.29, 1.82) is 0 Å². The zero-order valence-electron chi connectivity index (χ0n) is 16.9. The van der Waals surface area contributed by atoms with Crippen LogP contribution in [0.15, 0.2) is 34.2 Å². The normalized spacial score (nSPS) is 16.1. The van der Waals surface area contributed by atoms with Gasteiger partial charge in [-0.3, -0.25) is 0 Å². The van der Waals surface area contributed by atoms with Gasteiger partial charge in [0, 0.05) is 26.2 Å². The molecule has 7 heteroatoms. The topological polar surface area (TPSA) is 73.8 Å². The molecule has 152 valence electrons. The number of hydrogen-bond donors (Lipinski definition) is 2. The summed E-state index contributed by atoms with van der Waals surface area (Å²) in [5.74, 6) is 1.45. The lowest BCUT2D eigenvalue weighted by molar-refractivity contribution is 0.477. The minimum absolute atomic E-state index is 0.371. The molecular formula is C20H34N4O2S. The summed E-state index contributed by atoms with van der Waals surface area (Å²) >= 11 is 0. The van der Waals surface area contributed by atoms with Crippen molar-refractivity contribution in [2.24, 2.45) is 10.9 Å². The third-order valence-corrected chi connectivity index (χ3v) is 7.02. The lowest BCUT2D eigenvalue weighted by Gasteiger charge is -2.17. The highest BCUT2D eigenvalue weighted by Crippen LogP contribution is 2.21. The Morgan fingerprint density at radius 3 is 2.26 bits per heavy atom. The Labute approximate surface area is 164 Å². The van der Waals surface area contributed by atoms with E-state index in [-0.39, 0.29) is 0 Å². The average molecular weight is 395 g/mol. The first-order chi connectivity index (χ1) is 13.0. The maximum atomic E-state index is 12.6. The van der Waals surface area contributed by atoms with Gasteiger partial charge in [-0.2, -0.15) is 4.31 Å². The van der Waals surface area contributed by atoms with Crippen molar-refractivity contribution in [2.75, 3.05) is 26.2 Å². The molecular weight excluding hydrogens is 360 g/mol. The van der Waals surface area contributed by atoms with Gasteiger partial charge in [-0.05, 0) is 43.4 Å². The number of rotatable bonds is 9. The molecule has 0 amide bonds. The molecule has 0 spiro atoms. The fourth-order valence-corrected chi connectivity index (χ4v) is 4.69. The molecule has 0 aliphatic carbocycles. The van der Waals surface area contributed by atoms with Crippen LogP contribution in [0.5, 0.6) is 0 Å². The predicted molar refractivity (Wildman–Crippen MR) is 111 cm³/mol. The molecule has 0 bridgehead atoms. The summed E-state index contributed by atoms with van der Waals surface area (Å²) in [5, 5.41) is 6.67. The van der Waals surface area contributed by atoms with Crippen LogP contribution in [0.3, 0.4) is 0 Å². The molecule has 1 fully saturated rings. The van der Waals surface area contributed by atoms with Crippen molar-refractivity contribution in [3.8, 4) is 0 Å². The van der Waals surface area contributed by atoms with E-state index in [2.05, 4.69) is 29.5 Å². The van der Waals surface area contributed by atoms with Gasteiger partial charge in [0.05, 0.1) is 11.4 Å². The van der Waals surface area contributed by atoms with Crippen molar-refractivity contribution < 1.29 is 8.42 Å². The van der Waals surface area contributed by atoms with E-state index in [1.807, 2.05) is 19.1 Å². The Morgan fingerprint density at radius 1 is 1.07 bits per heavy atom. The largest absolute Gasteiger partial charge is 0.357 e. The summed E-state index contributed by atoms with van der Waals surface area (Å²) in [6, 6.07) is 7.11. The zero-order chi connectivity index (χ0) is 19.7. The van der Waals surface area contributed by atoms with Crippen LogP contribution in [-0.4, -0.2) is 44.9 Å². The van der Waals surface area contributed by atoms with E-state index >= 15 is 0 Å². The van der Waals surface area contributed by atoms with Gasteiger partial charge in [-0.25, -0.2) is 13.4 Å². The highest BCUT2D eigenvalue weighted by molar-refractivity contribution is 7.89. The first kappa shape index (κ1) is 21.7. The van der Waals surface area contributed by atoms with Crippen molar-refractivity contribution in [2.45, 2.75) is 57.9 Å². The van der Waals surface area contributed by atoms with E-state index < -0.39 is 10.0 Å². The Hall–Kier alpha value is -1.60. The molecule has 0 aromatic heterocycles. The van der Waals surface area contributed by atoms with Gasteiger partial charge in [-0.1, -0.05) is 38.8 Å². The molecule has 2 rings (SSSR count). The second kappa shape index (κ2) is 10.7. The molecule has 0 saturated carbocycles. The lowest BCUT2D eigenvalue weighted by Crippen LogP contribution is -2.39. The molecule has 1 aromatic carbocycles. The molecule has 0 atom stereocenters. The van der Waals surface area contributed by atoms with E-state index in [0.717, 1.165) is 50.3 Å². The van der Waals surface area contributed by atoms with Gasteiger partial charge in [0.2, 0.25) is 10.0 Å². The van der Waals surface area contributed by atoms with Crippen molar-refractivity contribution in [3.63, 3.8) is 0 Å². The van der Waals surface area contributed by atoms with Crippen LogP contribution in [0.1, 0.15) is 52.0 Å². The van der Waals surface area contributed by atoms with Gasteiger partial charge in [0.1, 0.15) is 0 Å². The predicted octanol–water partition coefficient (Wildman–Crippen LogP) is 2.96. The van der Waals surface area contributed by atoms with E-state index in [1.165, 1.54) is 0 Å². The fourth-order valence-electron chi connectivity index (χ4n) is 3.17. The van der Waals surface area contributed by atoms with Crippen LogP contribution < -0.4 is 10.6 Å². The minimum atomic E-state index is -3.35. The average Bonchev–Trinajstić information content (AvgIpc) is 3.23. The van der Waals surface area contributed by atoms with Crippen LogP contribution in [0, 0.1) is 5.92 Å². The van der Waals surface area contributed by atoms with Crippen LogP contribution in [0.25, 0.3) is 0 Å². The van der Waals surface area contributed by atoms with Gasteiger partial charge < -0.3 is 10.6 Å². The van der Waals surface area contributed by atoms with Crippen LogP contribution in [0.4, 0.5) is 0 Å². The molecule has 0 radical (unpaired) electrons. The van der Waals surface area contributed by atoms with Crippen molar-refractivity contribution in [1.82, 2.24) is 14.9 Å². The van der Waals surface area contributed by atoms with Crippen molar-refractivity contribution >= 4 is 16.0 Å². The number of nitrogens with one attached hydrogen (secondary N) is 2. The maximum absolute atomic E-state index is 12.6. The standard InChI is InChI=1S/C20H34N4O2S/c1-4-17(5-2)15-22-20(21-6-3)23-16-18-9-11-19(12-10-18)27(25,26)24-13-7-8-14-24/h9-12,17H,4-8,13-16H2,1-3H3,(H2,21,22,23). The Bertz CT molecular complexity index is 691. The van der Waals surface area contributed by atoms with Gasteiger partial charge in [0.25, 0.3) is 0 Å². The van der Waals surface area contributed by atoms with E-state index in [9.17, 15) is 8.42 Å². The second-order valence-electron chi connectivity index (χ2n) is 7.01. The van der Waals surface area contributed by atoms with Gasteiger partial charge in [0.15, 0.2) is 5.96 Å². The van der Waals surface area contributed by atoms with E-state index in [1.54, 1.807) is 16.4 Å². The highest BCUT2D eigenvalue weighted by Gasteiger charge is 2.26. The number of guanidine groups is 1. The van der Waals surface area contributed by atoms with Crippen LogP contribution in [0.2, 0.25) is 0 Å². The summed E-state index contributed by atoms with van der Waals surface area (Å²) in [7, 11) is -3.35. The number of hydrogen-bond acceptors (Lipinski definition) is 3. The smallest absolute Gasteiger partial charge is 0.243 e. The summed E-state index contributed by atoms with van der Waals surface area (Å²) in [6.45, 7) is 9.95. The minimum Gasteiger partial charge on any atom is -0.357 e. The fraction of sp³-hybridized carbons (Fsp3) is 0.650. The van der Waals surface area contributed by atoms with Gasteiger partial charge in [-0.15, -0.1) is 0 Å². The third-order valence-electron chi connectivity index (χ3n) is 5.10. The Morgan fingerprint density at radius 2 is 1.70 bits per heavy atom. The molecule has 27 heavy (non-hydrogen) atoms. The monoisotopic (exact) mass is 394 g/mol. The molecule has 0 unspecified atom stereocenters. The summed E-state index contributed by atoms with van der Waals surface area (Å²) in [6.07, 6.45) is 4.19. The van der Waals surface area contributed by atoms with E-state index in [0.29, 0.717) is 30.4 Å². The Balaban J connectivity index is 1.99. The number of nitrogens with zero attached hydrogens (tertiary/aromatic N) is 2. The Kier molecular flexibility index (Phi) is 8.57. The van der Waals surface area contributed by atoms with Crippen LogP contribution in [-0.2, 0) is 16.6 Å².